The van der Waals surface area contributed by atoms with Crippen molar-refractivity contribution in [1.29, 1.82) is 0 Å². The first-order chi connectivity index (χ1) is 18.9. The number of nitrogens with zero attached hydrogens (tertiary/aromatic N) is 2. The van der Waals surface area contributed by atoms with Gasteiger partial charge < -0.3 is 15.3 Å². The summed E-state index contributed by atoms with van der Waals surface area (Å²) >= 11 is 0.505. The number of hydrogen-bond acceptors (Lipinski definition) is 5. The second-order valence-electron chi connectivity index (χ2n) is 5.23. The fraction of sp³-hybridized carbons (Fsp3) is 0.579. The van der Waals surface area contributed by atoms with E-state index in [1.807, 2.05) is 0 Å². The molecule has 1 N–H and O–H groups in total. The molecule has 0 saturated carbocycles. The number of piperidine rings is 1. The number of hydrogen-bond donors (Lipinski definition) is 1. The quantitative estimate of drug-likeness (QED) is 0.614. The fourth-order valence-electron chi connectivity index (χ4n) is 2.19. The summed E-state index contributed by atoms with van der Waals surface area (Å²) in [7, 11) is 0. The largest absolute Gasteiger partial charge is 1.00 e. The summed E-state index contributed by atoms with van der Waals surface area (Å²) in [6.07, 6.45) is -13.0. The number of fused-ring (bicyclic) bond motifs is 1. The SMILES string of the molecule is [2H]c1sc2c(c1[2H])c([O-])c(C(=O)N([2H])C([2H])([2H])CC([2H])N1C([2H])([2H])C([2H])([2H])C([2H])([2H])C([2H])([2H])C1([2H])[2H])c(=O)n2C([2H])(C)C.[K+]. The number of pyridine rings is 1. The molecule has 1 aliphatic rings. The van der Waals surface area contributed by atoms with Crippen molar-refractivity contribution in [2.24, 2.45) is 0 Å². The minimum atomic E-state index is -3.82. The Kier molecular flexibility index (Phi) is 3.46. The summed E-state index contributed by atoms with van der Waals surface area (Å²) in [5.41, 5.74) is -2.84. The maximum atomic E-state index is 13.3. The molecule has 0 aromatic carbocycles. The molecule has 1 aliphatic heterocycles. The molecule has 3 heterocycles. The van der Waals surface area contributed by atoms with Crippen molar-refractivity contribution in [3.05, 3.63) is 27.3 Å². The molecule has 0 radical (unpaired) electrons. The van der Waals surface area contributed by atoms with Crippen LogP contribution in [0.3, 0.4) is 0 Å². The molecule has 1 unspecified atom stereocenters. The van der Waals surface area contributed by atoms with Crippen LogP contribution < -0.4 is 67.4 Å². The van der Waals surface area contributed by atoms with Gasteiger partial charge in [0.1, 0.15) is 4.83 Å². The van der Waals surface area contributed by atoms with Gasteiger partial charge in [-0.05, 0) is 63.9 Å². The standard InChI is InChI=1S/C19H27N3O3S.K/c1-13(2)22-18(25)15(16(23)14-7-12-26-19(14)22)17(24)20-8-6-11-21-9-4-3-5-10-21;/h7,12-13,23H,3-6,8-11H2,1-2H3,(H,20,24);/q;+1/p-1/i3D2,4D2,5D2,7D,8D2,9D2,10D2,11D,12D,13D;/hD. The minimum Gasteiger partial charge on any atom is -0.871 e. The van der Waals surface area contributed by atoms with Crippen LogP contribution in [0.4, 0.5) is 0 Å². The normalized spacial score (nSPS) is 35.7. The number of carbonyl (C=O) groups excluding carboxylic acids is 1. The number of thiophene rings is 1. The van der Waals surface area contributed by atoms with Gasteiger partial charge in [0.25, 0.3) is 11.5 Å². The van der Waals surface area contributed by atoms with E-state index in [0.29, 0.717) is 15.9 Å². The van der Waals surface area contributed by atoms with E-state index < -0.39 is 102 Å². The number of aromatic nitrogens is 1. The molecule has 142 valence electrons. The molecule has 0 aliphatic carbocycles. The maximum absolute atomic E-state index is 13.3. The maximum Gasteiger partial charge on any atom is 1.00 e. The summed E-state index contributed by atoms with van der Waals surface area (Å²) in [5.74, 6) is -3.36. The first-order valence-electron chi connectivity index (χ1n) is 15.9. The van der Waals surface area contributed by atoms with Gasteiger partial charge in [-0.1, -0.05) is 12.1 Å². The van der Waals surface area contributed by atoms with Gasteiger partial charge in [0.05, 0.1) is 9.68 Å². The summed E-state index contributed by atoms with van der Waals surface area (Å²) < 4.78 is 138. The van der Waals surface area contributed by atoms with Crippen molar-refractivity contribution >= 4 is 27.5 Å². The van der Waals surface area contributed by atoms with Gasteiger partial charge in [-0.2, -0.15) is 0 Å². The molecule has 1 fully saturated rings. The molecule has 2 aromatic heterocycles. The molecule has 1 atom stereocenters. The zero-order valence-electron chi connectivity index (χ0n) is 31.8. The number of amides is 1. The van der Waals surface area contributed by atoms with Crippen LogP contribution in [0.15, 0.2) is 16.2 Å². The minimum absolute atomic E-state index is 0. The third-order valence-corrected chi connectivity index (χ3v) is 4.08. The van der Waals surface area contributed by atoms with Crippen LogP contribution in [0.2, 0.25) is 1.41 Å². The van der Waals surface area contributed by atoms with Gasteiger partial charge in [-0.25, -0.2) is 0 Å². The molecule has 6 nitrogen and oxygen atoms in total. The van der Waals surface area contributed by atoms with E-state index in [1.54, 1.807) is 0 Å². The van der Waals surface area contributed by atoms with Crippen molar-refractivity contribution in [2.75, 3.05) is 26.0 Å². The van der Waals surface area contributed by atoms with Crippen LogP contribution in [0.5, 0.6) is 5.75 Å². The molecule has 3 rings (SSSR count). The van der Waals surface area contributed by atoms with Crippen LogP contribution >= 0.6 is 11.3 Å². The summed E-state index contributed by atoms with van der Waals surface area (Å²) in [6, 6.07) is -2.57. The van der Waals surface area contributed by atoms with Crippen LogP contribution in [-0.4, -0.2) is 41.4 Å². The number of likely N-dealkylation sites (tertiary alicyclic amines) is 1. The van der Waals surface area contributed by atoms with Crippen LogP contribution in [0.25, 0.3) is 10.2 Å². The van der Waals surface area contributed by atoms with Crippen LogP contribution in [0.1, 0.15) is 77.7 Å². The van der Waals surface area contributed by atoms with Gasteiger partial charge in [-0.15, -0.1) is 11.3 Å². The van der Waals surface area contributed by atoms with Crippen molar-refractivity contribution in [3.63, 3.8) is 0 Å². The zero-order chi connectivity index (χ0) is 33.8. The van der Waals surface area contributed by atoms with Crippen molar-refractivity contribution in [2.45, 2.75) is 45.4 Å². The third kappa shape index (κ3) is 5.23. The molecule has 8 heteroatoms. The molecular formula is C19H26KN3O3S. The van der Waals surface area contributed by atoms with Crippen molar-refractivity contribution in [1.82, 2.24) is 14.8 Å². The van der Waals surface area contributed by atoms with Gasteiger partial charge >= 0.3 is 51.4 Å². The molecular weight excluding hydrogens is 389 g/mol. The molecule has 27 heavy (non-hydrogen) atoms. The van der Waals surface area contributed by atoms with E-state index >= 15 is 0 Å². The number of carbonyl (C=O) groups is 1. The first kappa shape index (κ1) is 8.87. The summed E-state index contributed by atoms with van der Waals surface area (Å²) in [5, 5.41) is 11.5. The van der Waals surface area contributed by atoms with E-state index in [4.69, 9.17) is 23.3 Å². The zero-order valence-corrected chi connectivity index (χ0v) is 18.7. The molecule has 1 saturated heterocycles. The predicted octanol–water partition coefficient (Wildman–Crippen LogP) is -0.673. The Morgan fingerprint density at radius 1 is 1.52 bits per heavy atom. The monoisotopic (exact) mass is 432 g/mol. The van der Waals surface area contributed by atoms with Crippen LogP contribution in [-0.2, 0) is 0 Å². The Morgan fingerprint density at radius 2 is 2.22 bits per heavy atom. The summed E-state index contributed by atoms with van der Waals surface area (Å²) in [6.45, 7) is -11.3. The van der Waals surface area contributed by atoms with E-state index in [-0.39, 0.29) is 61.1 Å². The average molecular weight is 433 g/mol. The van der Waals surface area contributed by atoms with E-state index in [1.165, 1.54) is 13.8 Å². The smallest absolute Gasteiger partial charge is 0.871 e. The molecule has 0 spiro atoms. The molecule has 0 bridgehead atoms. The topological polar surface area (TPSA) is 77.4 Å². The van der Waals surface area contributed by atoms with Crippen molar-refractivity contribution < 1.29 is 84.6 Å². The van der Waals surface area contributed by atoms with Crippen molar-refractivity contribution in [3.8, 4) is 5.75 Å². The van der Waals surface area contributed by atoms with E-state index in [2.05, 4.69) is 0 Å². The average Bonchev–Trinajstić information content (AvgIpc) is 3.09. The first-order valence-corrected chi connectivity index (χ1v) is 8.17. The van der Waals surface area contributed by atoms with Crippen LogP contribution in [0, 0.1) is 0 Å². The Bertz CT molecular complexity index is 1510. The second kappa shape index (κ2) is 10.5. The van der Waals surface area contributed by atoms with Gasteiger partial charge in [0.15, 0.2) is 1.41 Å². The Labute approximate surface area is 230 Å². The van der Waals surface area contributed by atoms with Gasteiger partial charge in [0.2, 0.25) is 0 Å². The van der Waals surface area contributed by atoms with Gasteiger partial charge in [-0.3, -0.25) is 14.2 Å². The fourth-order valence-corrected chi connectivity index (χ4v) is 3.05. The van der Waals surface area contributed by atoms with Gasteiger partial charge in [0, 0.05) is 35.7 Å². The van der Waals surface area contributed by atoms with E-state index in [0.717, 1.165) is 0 Å². The number of nitrogens with one attached hydrogen (secondary N) is 1. The Balaban J connectivity index is 0.00000675. The Morgan fingerprint density at radius 3 is 2.89 bits per heavy atom. The summed E-state index contributed by atoms with van der Waals surface area (Å²) in [4.78, 5) is 25.9. The Hall–Kier alpha value is -0.224. The van der Waals surface area contributed by atoms with E-state index in [9.17, 15) is 14.7 Å². The predicted molar refractivity (Wildman–Crippen MR) is 103 cm³/mol. The molecule has 2 aromatic rings. The second-order valence-corrected chi connectivity index (χ2v) is 6.03. The third-order valence-electron chi connectivity index (χ3n) is 3.30. The number of rotatable bonds is 6. The molecule has 1 amide bonds.